The number of nitrogens with one attached hydrogen (secondary N) is 1. The Balaban J connectivity index is 1.58. The molecule has 1 atom stereocenters. The maximum Gasteiger partial charge on any atom is 0.337 e. The molecule has 0 fully saturated rings. The molecule has 3 aromatic rings. The normalized spacial score (nSPS) is 15.3. The summed E-state index contributed by atoms with van der Waals surface area (Å²) in [6.45, 7) is 0. The highest BCUT2D eigenvalue weighted by Crippen LogP contribution is 2.43. The highest BCUT2D eigenvalue weighted by atomic mass is 35.5. The number of hydrogen-bond donors (Lipinski definition) is 2. The van der Waals surface area contributed by atoms with E-state index in [4.69, 9.17) is 16.3 Å². The van der Waals surface area contributed by atoms with E-state index in [1.807, 2.05) is 18.2 Å². The minimum absolute atomic E-state index is 0.00377. The number of carbonyl (C=O) groups excluding carboxylic acids is 1. The van der Waals surface area contributed by atoms with Gasteiger partial charge in [-0.05, 0) is 54.3 Å². The number of aromatic amines is 1. The zero-order chi connectivity index (χ0) is 19.8. The molecule has 0 unspecified atom stereocenters. The van der Waals surface area contributed by atoms with Crippen LogP contribution in [-0.4, -0.2) is 23.2 Å². The summed E-state index contributed by atoms with van der Waals surface area (Å²) in [5.41, 5.74) is 2.53. The number of fused-ring (bicyclic) bond motifs is 1. The molecule has 1 aliphatic rings. The van der Waals surface area contributed by atoms with Gasteiger partial charge in [-0.1, -0.05) is 29.0 Å². The van der Waals surface area contributed by atoms with Crippen LogP contribution in [0.1, 0.15) is 38.7 Å². The third kappa shape index (κ3) is 3.39. The van der Waals surface area contributed by atoms with Crippen LogP contribution in [0.15, 0.2) is 41.2 Å². The molecular formula is C20H16ClNO5S. The first-order valence-electron chi connectivity index (χ1n) is 8.56. The molecule has 4 rings (SSSR count). The minimum atomic E-state index is -0.465. The molecule has 0 spiro atoms. The number of carbonyl (C=O) groups is 1. The number of rotatable bonds is 4. The van der Waals surface area contributed by atoms with E-state index in [2.05, 4.69) is 9.72 Å². The minimum Gasteiger partial charge on any atom is -0.494 e. The highest BCUT2D eigenvalue weighted by molar-refractivity contribution is 7.09. The molecule has 2 N–H and O–H groups in total. The van der Waals surface area contributed by atoms with Crippen molar-refractivity contribution in [2.45, 2.75) is 18.8 Å². The van der Waals surface area contributed by atoms with Crippen molar-refractivity contribution in [1.29, 1.82) is 0 Å². The number of benzene rings is 2. The van der Waals surface area contributed by atoms with Crippen molar-refractivity contribution in [3.8, 4) is 17.4 Å². The van der Waals surface area contributed by atoms with Crippen LogP contribution in [0.4, 0.5) is 0 Å². The van der Waals surface area contributed by atoms with Crippen molar-refractivity contribution >= 4 is 28.9 Å². The lowest BCUT2D eigenvalue weighted by Gasteiger charge is -2.12. The smallest absolute Gasteiger partial charge is 0.337 e. The fourth-order valence-corrected chi connectivity index (χ4v) is 4.55. The van der Waals surface area contributed by atoms with Crippen LogP contribution in [-0.2, 0) is 11.2 Å². The lowest BCUT2D eigenvalue weighted by molar-refractivity contribution is 0.0600. The standard InChI is InChI=1S/C20H16ClNO5S/c1-26-19(24)11-3-7-16(15(21)9-11)27-12-4-6-13-10(8-12)2-5-14(13)17-18(23)22-20(25)28-17/h3-4,6-9,14,23H,2,5H2,1H3,(H,22,25)/t14-/m1/s1. The molecule has 0 amide bonds. The zero-order valence-corrected chi connectivity index (χ0v) is 16.4. The first kappa shape index (κ1) is 18.6. The number of methoxy groups -OCH3 is 1. The van der Waals surface area contributed by atoms with E-state index in [9.17, 15) is 14.7 Å². The first-order chi connectivity index (χ1) is 13.5. The number of aromatic hydroxyl groups is 1. The van der Waals surface area contributed by atoms with E-state index in [1.165, 1.54) is 13.2 Å². The molecule has 28 heavy (non-hydrogen) atoms. The summed E-state index contributed by atoms with van der Waals surface area (Å²) in [5, 5.41) is 10.3. The van der Waals surface area contributed by atoms with Gasteiger partial charge in [0, 0.05) is 5.92 Å². The molecule has 2 aromatic carbocycles. The molecule has 8 heteroatoms. The van der Waals surface area contributed by atoms with Crippen molar-refractivity contribution in [3.05, 3.63) is 72.7 Å². The fraction of sp³-hybridized carbons (Fsp3) is 0.200. The second-order valence-electron chi connectivity index (χ2n) is 6.42. The molecule has 144 valence electrons. The Morgan fingerprint density at radius 1 is 1.29 bits per heavy atom. The monoisotopic (exact) mass is 417 g/mol. The van der Waals surface area contributed by atoms with E-state index < -0.39 is 5.97 Å². The lowest BCUT2D eigenvalue weighted by Crippen LogP contribution is -2.01. The van der Waals surface area contributed by atoms with Crippen molar-refractivity contribution in [1.82, 2.24) is 4.98 Å². The Morgan fingerprint density at radius 3 is 2.79 bits per heavy atom. The molecular weight excluding hydrogens is 402 g/mol. The Hall–Kier alpha value is -2.77. The van der Waals surface area contributed by atoms with Crippen LogP contribution < -0.4 is 9.61 Å². The van der Waals surface area contributed by atoms with Crippen LogP contribution in [0.25, 0.3) is 0 Å². The molecule has 1 aliphatic carbocycles. The molecule has 0 bridgehead atoms. The van der Waals surface area contributed by atoms with Gasteiger partial charge in [0.15, 0.2) is 0 Å². The summed E-state index contributed by atoms with van der Waals surface area (Å²) < 4.78 is 10.6. The highest BCUT2D eigenvalue weighted by Gasteiger charge is 2.28. The van der Waals surface area contributed by atoms with Gasteiger partial charge in [-0.3, -0.25) is 9.78 Å². The maximum atomic E-state index is 11.6. The third-order valence-electron chi connectivity index (χ3n) is 4.75. The van der Waals surface area contributed by atoms with Gasteiger partial charge in [0.2, 0.25) is 5.88 Å². The quantitative estimate of drug-likeness (QED) is 0.612. The summed E-state index contributed by atoms with van der Waals surface area (Å²) in [7, 11) is 1.31. The van der Waals surface area contributed by atoms with Crippen LogP contribution in [0.2, 0.25) is 5.02 Å². The van der Waals surface area contributed by atoms with Gasteiger partial charge in [0.05, 0.1) is 22.6 Å². The lowest BCUT2D eigenvalue weighted by atomic mass is 10.00. The molecule has 0 radical (unpaired) electrons. The summed E-state index contributed by atoms with van der Waals surface area (Å²) in [6.07, 6.45) is 1.63. The van der Waals surface area contributed by atoms with Crippen LogP contribution in [0.3, 0.4) is 0 Å². The van der Waals surface area contributed by atoms with Crippen molar-refractivity contribution < 1.29 is 19.4 Å². The van der Waals surface area contributed by atoms with Gasteiger partial charge in [-0.25, -0.2) is 4.79 Å². The van der Waals surface area contributed by atoms with Gasteiger partial charge in [-0.2, -0.15) is 0 Å². The summed E-state index contributed by atoms with van der Waals surface area (Å²) in [6, 6.07) is 10.4. The molecule has 1 heterocycles. The first-order valence-corrected chi connectivity index (χ1v) is 9.76. The molecule has 1 aromatic heterocycles. The average molecular weight is 418 g/mol. The molecule has 0 aliphatic heterocycles. The predicted molar refractivity (Wildman–Crippen MR) is 106 cm³/mol. The number of aromatic nitrogens is 1. The number of H-pyrrole nitrogens is 1. The van der Waals surface area contributed by atoms with E-state index in [0.717, 1.165) is 35.3 Å². The number of halogens is 1. The molecule has 0 saturated carbocycles. The number of ether oxygens (including phenoxy) is 2. The third-order valence-corrected chi connectivity index (χ3v) is 6.03. The van der Waals surface area contributed by atoms with Gasteiger partial charge < -0.3 is 14.6 Å². The Labute approximate surface area is 169 Å². The van der Waals surface area contributed by atoms with Crippen LogP contribution in [0, 0.1) is 0 Å². The fourth-order valence-electron chi connectivity index (χ4n) is 3.45. The van der Waals surface area contributed by atoms with Crippen LogP contribution in [0.5, 0.6) is 17.4 Å². The second-order valence-corrected chi connectivity index (χ2v) is 7.84. The molecule has 6 nitrogen and oxygen atoms in total. The number of hydrogen-bond acceptors (Lipinski definition) is 6. The van der Waals surface area contributed by atoms with E-state index in [1.54, 1.807) is 12.1 Å². The second kappa shape index (κ2) is 7.33. The zero-order valence-electron chi connectivity index (χ0n) is 14.8. The van der Waals surface area contributed by atoms with Gasteiger partial charge in [-0.15, -0.1) is 0 Å². The summed E-state index contributed by atoms with van der Waals surface area (Å²) in [5.74, 6) is 0.540. The van der Waals surface area contributed by atoms with Crippen LogP contribution >= 0.6 is 22.9 Å². The Kier molecular flexibility index (Phi) is 4.87. The Bertz CT molecular complexity index is 1120. The van der Waals surface area contributed by atoms with Crippen molar-refractivity contribution in [2.75, 3.05) is 7.11 Å². The topological polar surface area (TPSA) is 88.6 Å². The molecule has 0 saturated heterocycles. The number of aryl methyl sites for hydroxylation is 1. The number of esters is 1. The van der Waals surface area contributed by atoms with E-state index in [0.29, 0.717) is 27.0 Å². The maximum absolute atomic E-state index is 11.6. The SMILES string of the molecule is COC(=O)c1ccc(Oc2ccc3c(c2)CC[C@H]3c2sc(=O)[nH]c2O)c(Cl)c1. The van der Waals surface area contributed by atoms with Gasteiger partial charge in [0.1, 0.15) is 11.5 Å². The Morgan fingerprint density at radius 2 is 2.11 bits per heavy atom. The van der Waals surface area contributed by atoms with Crippen molar-refractivity contribution in [2.24, 2.45) is 0 Å². The number of thiazole rings is 1. The summed E-state index contributed by atoms with van der Waals surface area (Å²) >= 11 is 7.27. The van der Waals surface area contributed by atoms with Crippen molar-refractivity contribution in [3.63, 3.8) is 0 Å². The summed E-state index contributed by atoms with van der Waals surface area (Å²) in [4.78, 5) is 25.9. The average Bonchev–Trinajstić information content (AvgIpc) is 3.24. The van der Waals surface area contributed by atoms with Gasteiger partial charge >= 0.3 is 10.8 Å². The van der Waals surface area contributed by atoms with E-state index in [-0.39, 0.29) is 16.7 Å². The largest absolute Gasteiger partial charge is 0.494 e. The van der Waals surface area contributed by atoms with E-state index >= 15 is 0 Å². The predicted octanol–water partition coefficient (Wildman–Crippen LogP) is 4.45. The van der Waals surface area contributed by atoms with Gasteiger partial charge in [0.25, 0.3) is 0 Å².